The van der Waals surface area contributed by atoms with Crippen LogP contribution in [0.25, 0.3) is 78.9 Å². The van der Waals surface area contributed by atoms with E-state index in [4.69, 9.17) is 39.9 Å². The normalized spacial score (nSPS) is 12.4. The van der Waals surface area contributed by atoms with E-state index in [1.165, 1.54) is 5.56 Å². The van der Waals surface area contributed by atoms with Gasteiger partial charge in [-0.2, -0.15) is 0 Å². The van der Waals surface area contributed by atoms with E-state index in [1.54, 1.807) is 6.20 Å². The van der Waals surface area contributed by atoms with Crippen LogP contribution in [-0.2, 0) is 36.0 Å². The van der Waals surface area contributed by atoms with Gasteiger partial charge in [-0.3, -0.25) is 9.78 Å². The third-order valence-corrected chi connectivity index (χ3v) is 9.90. The average molecular weight is 750 g/mol. The molecular weight excluding hydrogens is 719 g/mol. The number of fused-ring (bicyclic) bond motifs is 20. The van der Waals surface area contributed by atoms with Crippen molar-refractivity contribution in [3.05, 3.63) is 126 Å². The van der Waals surface area contributed by atoms with E-state index < -0.39 is 0 Å². The van der Waals surface area contributed by atoms with E-state index in [-0.39, 0.29) is 22.7 Å². The fraction of sp³-hybridized carbons (Fsp3) is 0.143. The number of hydrogen-bond donors (Lipinski definition) is 1. The summed E-state index contributed by atoms with van der Waals surface area (Å²) in [4.78, 5) is 58.1. The number of carbonyl (C=O) groups excluding carboxylic acids is 1. The first kappa shape index (κ1) is 33.5. The van der Waals surface area contributed by atoms with Crippen LogP contribution < -0.4 is 15.3 Å². The van der Waals surface area contributed by atoms with Crippen molar-refractivity contribution >= 4 is 39.3 Å². The van der Waals surface area contributed by atoms with E-state index in [2.05, 4.69) is 28.5 Å². The standard InChI is InChI=1S/C42H31N10O.Co/c53-42(44-22-8-7-11-24-12-10-21-43-23-24)32-20-9-19-31-33(32)41-51-39-30-18-6-5-17-29(30)37(49-39)47-35-26-14-2-1-13-25(26)34(45-35)46-36-27-15-3-4-16-28(27)38(48-36)50-40(31)52-41;/h1-6,9-10,12-14,17-21,23H,7-8,11,15-16,22H2,(H2-,44,45,46,47,48,49,50,51,52,53);/q-1;+2/p-1. The van der Waals surface area contributed by atoms with Gasteiger partial charge >= 0.3 is 16.8 Å². The molecule has 263 valence electrons. The number of hydrogen-bond acceptors (Lipinski definition) is 8. The number of rotatable bonds is 6. The van der Waals surface area contributed by atoms with Gasteiger partial charge in [0.1, 0.15) is 0 Å². The van der Waals surface area contributed by atoms with Crippen LogP contribution >= 0.6 is 0 Å². The predicted molar refractivity (Wildman–Crippen MR) is 203 cm³/mol. The fourth-order valence-electron chi connectivity index (χ4n) is 7.30. The summed E-state index contributed by atoms with van der Waals surface area (Å²) in [6.45, 7) is 0.530. The quantitative estimate of drug-likeness (QED) is 0.143. The molecule has 0 spiro atoms. The molecule has 12 heteroatoms. The van der Waals surface area contributed by atoms with Crippen molar-refractivity contribution in [2.24, 2.45) is 0 Å². The SMILES string of the molecule is O=C(NCCCCc1cccnc1)c1cccc2c1-c1nc-2nc2[n-]c(nc3nc(nc4[n-]c(n1)c1ccccc41)-c1ccccc1-3)c1c2CC=CC1.[Co+2]. The van der Waals surface area contributed by atoms with Crippen LogP contribution in [0.2, 0.25) is 0 Å². The van der Waals surface area contributed by atoms with Crippen LogP contribution in [0.5, 0.6) is 0 Å². The second-order valence-electron chi connectivity index (χ2n) is 13.2. The molecule has 3 aromatic carbocycles. The molecule has 11 nitrogen and oxygen atoms in total. The van der Waals surface area contributed by atoms with Crippen molar-refractivity contribution in [3.8, 4) is 45.6 Å². The minimum atomic E-state index is -0.200. The molecule has 0 unspecified atom stereocenters. The van der Waals surface area contributed by atoms with E-state index in [0.717, 1.165) is 52.3 Å². The molecule has 1 N–H and O–H groups in total. The summed E-state index contributed by atoms with van der Waals surface area (Å²) in [5, 5.41) is 4.76. The molecule has 0 atom stereocenters. The maximum absolute atomic E-state index is 13.9. The van der Waals surface area contributed by atoms with Crippen molar-refractivity contribution in [1.82, 2.24) is 50.2 Å². The zero-order valence-electron chi connectivity index (χ0n) is 28.8. The van der Waals surface area contributed by atoms with Crippen molar-refractivity contribution in [1.29, 1.82) is 0 Å². The molecule has 3 aliphatic rings. The smallest absolute Gasteiger partial charge is 0.358 e. The largest absolute Gasteiger partial charge is 2.00 e. The summed E-state index contributed by atoms with van der Waals surface area (Å²) in [6, 6.07) is 25.4. The number of unbranched alkanes of at least 4 members (excludes halogenated alkanes) is 1. The molecule has 1 radical (unpaired) electrons. The zero-order chi connectivity index (χ0) is 35.3. The van der Waals surface area contributed by atoms with Gasteiger partial charge in [0.15, 0.2) is 0 Å². The molecule has 7 aromatic rings. The Morgan fingerprint density at radius 2 is 1.20 bits per heavy atom. The molecule has 0 saturated carbocycles. The van der Waals surface area contributed by atoms with E-state index in [0.29, 0.717) is 82.0 Å². The fourth-order valence-corrected chi connectivity index (χ4v) is 7.30. The predicted octanol–water partition coefficient (Wildman–Crippen LogP) is 6.77. The number of carbonyl (C=O) groups is 1. The van der Waals surface area contributed by atoms with Crippen molar-refractivity contribution in [2.75, 3.05) is 6.54 Å². The van der Waals surface area contributed by atoms with E-state index in [9.17, 15) is 4.79 Å². The Bertz CT molecular complexity index is 2810. The number of pyridine rings is 1. The Labute approximate surface area is 319 Å². The molecule has 1 amide bonds. The number of nitrogens with one attached hydrogen (secondary N) is 1. The molecule has 2 aliphatic heterocycles. The molecule has 8 bridgehead atoms. The van der Waals surface area contributed by atoms with Gasteiger partial charge < -0.3 is 35.2 Å². The average Bonchev–Trinajstić information content (AvgIpc) is 3.94. The van der Waals surface area contributed by atoms with Gasteiger partial charge in [-0.15, -0.1) is 0 Å². The topological polar surface area (TPSA) is 148 Å². The minimum Gasteiger partial charge on any atom is -0.358 e. The summed E-state index contributed by atoms with van der Waals surface area (Å²) in [5.74, 6) is 1.64. The first-order chi connectivity index (χ1) is 26.2. The van der Waals surface area contributed by atoms with Crippen molar-refractivity contribution in [3.63, 3.8) is 0 Å². The summed E-state index contributed by atoms with van der Waals surface area (Å²) in [7, 11) is 0. The summed E-state index contributed by atoms with van der Waals surface area (Å²) in [6.07, 6.45) is 11.9. The molecule has 10 rings (SSSR count). The van der Waals surface area contributed by atoms with Crippen LogP contribution in [0, 0.1) is 0 Å². The number of aromatic nitrogens is 9. The monoisotopic (exact) mass is 749 g/mol. The van der Waals surface area contributed by atoms with Crippen LogP contribution in [-0.4, -0.2) is 47.3 Å². The van der Waals surface area contributed by atoms with E-state index in [1.807, 2.05) is 79.0 Å². The van der Waals surface area contributed by atoms with Gasteiger partial charge in [0, 0.05) is 69.3 Å². The number of nitrogens with zero attached hydrogens (tertiary/aromatic N) is 9. The van der Waals surface area contributed by atoms with Gasteiger partial charge in [0.25, 0.3) is 5.91 Å². The Morgan fingerprint density at radius 1 is 0.611 bits per heavy atom. The maximum atomic E-state index is 13.9. The van der Waals surface area contributed by atoms with Crippen molar-refractivity contribution in [2.45, 2.75) is 32.1 Å². The number of benzene rings is 3. The maximum Gasteiger partial charge on any atom is 2.00 e. The van der Waals surface area contributed by atoms with Crippen molar-refractivity contribution < 1.29 is 21.6 Å². The molecule has 6 heterocycles. The Balaban J connectivity index is 0.00000384. The molecule has 0 fully saturated rings. The summed E-state index contributed by atoms with van der Waals surface area (Å²) < 4.78 is 0. The second-order valence-corrected chi connectivity index (χ2v) is 13.2. The summed E-state index contributed by atoms with van der Waals surface area (Å²) in [5.41, 5.74) is 8.77. The minimum absolute atomic E-state index is 0. The Kier molecular flexibility index (Phi) is 8.60. The number of allylic oxidation sites excluding steroid dienone is 2. The van der Waals surface area contributed by atoms with Crippen LogP contribution in [0.1, 0.15) is 39.9 Å². The van der Waals surface area contributed by atoms with E-state index >= 15 is 0 Å². The Hall–Kier alpha value is -6.37. The summed E-state index contributed by atoms with van der Waals surface area (Å²) >= 11 is 0. The van der Waals surface area contributed by atoms with Gasteiger partial charge in [0.2, 0.25) is 0 Å². The van der Waals surface area contributed by atoms with Gasteiger partial charge in [0.05, 0.1) is 23.3 Å². The first-order valence-electron chi connectivity index (χ1n) is 17.8. The first-order valence-corrected chi connectivity index (χ1v) is 17.8. The van der Waals surface area contributed by atoms with Gasteiger partial charge in [-0.25, -0.2) is 9.97 Å². The number of amides is 1. The molecule has 4 aromatic heterocycles. The van der Waals surface area contributed by atoms with Crippen LogP contribution in [0.15, 0.2) is 103 Å². The third-order valence-electron chi connectivity index (χ3n) is 9.90. The molecule has 0 saturated heterocycles. The van der Waals surface area contributed by atoms with Gasteiger partial charge in [-0.05, 0) is 71.7 Å². The van der Waals surface area contributed by atoms with Crippen LogP contribution in [0.3, 0.4) is 0 Å². The molecule has 1 aliphatic carbocycles. The zero-order valence-corrected chi connectivity index (χ0v) is 29.9. The molecule has 54 heavy (non-hydrogen) atoms. The molecular formula is C42H30CoN10O. The Morgan fingerprint density at radius 3 is 1.89 bits per heavy atom. The van der Waals surface area contributed by atoms with Gasteiger partial charge in [-0.1, -0.05) is 78.9 Å². The number of aryl methyl sites for hydroxylation is 1. The third kappa shape index (κ3) is 5.85. The van der Waals surface area contributed by atoms with Crippen LogP contribution in [0.4, 0.5) is 0 Å². The second kappa shape index (κ2) is 13.9.